The Balaban J connectivity index is 1.96. The zero-order chi connectivity index (χ0) is 9.80. The largest absolute Gasteiger partial charge is 0.261 e. The third kappa shape index (κ3) is 2.14. The molecule has 1 fully saturated rings. The van der Waals surface area contributed by atoms with Gasteiger partial charge in [0.15, 0.2) is 0 Å². The van der Waals surface area contributed by atoms with Crippen molar-refractivity contribution >= 4 is 0 Å². The van der Waals surface area contributed by atoms with E-state index < -0.39 is 0 Å². The first-order chi connectivity index (χ1) is 6.90. The molecule has 0 saturated heterocycles. The second-order valence-electron chi connectivity index (χ2n) is 4.38. The fraction of sp³-hybridized carbons (Fsp3) is 0.615. The Hall–Kier alpha value is -0.850. The molecular formula is C13H19N. The number of nitrogens with zero attached hydrogens (tertiary/aromatic N) is 1. The summed E-state index contributed by atoms with van der Waals surface area (Å²) < 4.78 is 0. The van der Waals surface area contributed by atoms with Crippen molar-refractivity contribution in [2.75, 3.05) is 0 Å². The fourth-order valence-electron chi connectivity index (χ4n) is 2.48. The molecule has 14 heavy (non-hydrogen) atoms. The van der Waals surface area contributed by atoms with Crippen LogP contribution in [-0.2, 0) is 0 Å². The lowest BCUT2D eigenvalue weighted by Gasteiger charge is -2.27. The highest BCUT2D eigenvalue weighted by atomic mass is 14.7. The maximum atomic E-state index is 4.45. The summed E-state index contributed by atoms with van der Waals surface area (Å²) in [4.78, 5) is 4.45. The van der Waals surface area contributed by atoms with Gasteiger partial charge in [0.1, 0.15) is 0 Å². The minimum atomic E-state index is 0.735. The number of aromatic nitrogens is 1. The van der Waals surface area contributed by atoms with Crippen LogP contribution in [0, 0.1) is 5.92 Å². The zero-order valence-corrected chi connectivity index (χ0v) is 8.95. The Bertz CT molecular complexity index is 260. The van der Waals surface area contributed by atoms with Gasteiger partial charge >= 0.3 is 0 Å². The molecule has 2 rings (SSSR count). The highest BCUT2D eigenvalue weighted by Crippen LogP contribution is 2.35. The monoisotopic (exact) mass is 189 g/mol. The third-order valence-electron chi connectivity index (χ3n) is 3.53. The standard InChI is InChI=1S/C13H19N/c1-2-11-6-8-12(9-7-11)13-5-3-4-10-14-13/h3-5,10-12H,2,6-9H2,1H3. The van der Waals surface area contributed by atoms with Crippen molar-refractivity contribution in [1.29, 1.82) is 0 Å². The van der Waals surface area contributed by atoms with Crippen LogP contribution in [0.3, 0.4) is 0 Å². The van der Waals surface area contributed by atoms with E-state index in [1.165, 1.54) is 37.8 Å². The summed E-state index contributed by atoms with van der Waals surface area (Å²) in [5.41, 5.74) is 1.31. The predicted molar refractivity (Wildman–Crippen MR) is 59.2 cm³/mol. The molecule has 0 spiro atoms. The van der Waals surface area contributed by atoms with E-state index in [-0.39, 0.29) is 0 Å². The summed E-state index contributed by atoms with van der Waals surface area (Å²) in [5.74, 6) is 1.72. The summed E-state index contributed by atoms with van der Waals surface area (Å²) >= 11 is 0. The van der Waals surface area contributed by atoms with Crippen LogP contribution >= 0.6 is 0 Å². The Kier molecular flexibility index (Phi) is 3.18. The lowest BCUT2D eigenvalue weighted by Crippen LogP contribution is -2.13. The lowest BCUT2D eigenvalue weighted by atomic mass is 9.79. The van der Waals surface area contributed by atoms with Gasteiger partial charge in [-0.2, -0.15) is 0 Å². The second-order valence-corrected chi connectivity index (χ2v) is 4.38. The van der Waals surface area contributed by atoms with Gasteiger partial charge in [0, 0.05) is 17.8 Å². The predicted octanol–water partition coefficient (Wildman–Crippen LogP) is 3.77. The molecule has 0 unspecified atom stereocenters. The van der Waals surface area contributed by atoms with Crippen LogP contribution in [0.25, 0.3) is 0 Å². The van der Waals surface area contributed by atoms with Crippen molar-refractivity contribution in [3.63, 3.8) is 0 Å². The molecule has 1 aromatic heterocycles. The second kappa shape index (κ2) is 4.59. The Morgan fingerprint density at radius 3 is 2.57 bits per heavy atom. The van der Waals surface area contributed by atoms with Gasteiger partial charge in [0.25, 0.3) is 0 Å². The molecule has 1 saturated carbocycles. The maximum absolute atomic E-state index is 4.45. The average Bonchev–Trinajstić information content (AvgIpc) is 2.30. The van der Waals surface area contributed by atoms with Gasteiger partial charge < -0.3 is 0 Å². The van der Waals surface area contributed by atoms with Crippen LogP contribution in [0.15, 0.2) is 24.4 Å². The molecular weight excluding hydrogens is 170 g/mol. The number of hydrogen-bond acceptors (Lipinski definition) is 1. The Labute approximate surface area is 86.6 Å². The van der Waals surface area contributed by atoms with Crippen molar-refractivity contribution in [1.82, 2.24) is 4.98 Å². The van der Waals surface area contributed by atoms with E-state index in [9.17, 15) is 0 Å². The van der Waals surface area contributed by atoms with E-state index >= 15 is 0 Å². The van der Waals surface area contributed by atoms with Crippen molar-refractivity contribution in [2.24, 2.45) is 5.92 Å². The average molecular weight is 189 g/mol. The first-order valence-corrected chi connectivity index (χ1v) is 5.81. The van der Waals surface area contributed by atoms with E-state index in [2.05, 4.69) is 24.0 Å². The summed E-state index contributed by atoms with van der Waals surface area (Å²) in [6.45, 7) is 2.31. The van der Waals surface area contributed by atoms with Crippen molar-refractivity contribution < 1.29 is 0 Å². The van der Waals surface area contributed by atoms with Gasteiger partial charge in [-0.05, 0) is 43.7 Å². The number of hydrogen-bond donors (Lipinski definition) is 0. The van der Waals surface area contributed by atoms with Gasteiger partial charge in [-0.1, -0.05) is 19.4 Å². The molecule has 0 radical (unpaired) electrons. The minimum absolute atomic E-state index is 0.735. The molecule has 1 aliphatic rings. The van der Waals surface area contributed by atoms with Crippen LogP contribution in [0.1, 0.15) is 50.6 Å². The molecule has 1 heteroatoms. The van der Waals surface area contributed by atoms with Crippen LogP contribution in [0.5, 0.6) is 0 Å². The van der Waals surface area contributed by atoms with Gasteiger partial charge in [-0.25, -0.2) is 0 Å². The molecule has 0 amide bonds. The third-order valence-corrected chi connectivity index (χ3v) is 3.53. The van der Waals surface area contributed by atoms with E-state index in [0.717, 1.165) is 11.8 Å². The van der Waals surface area contributed by atoms with Crippen LogP contribution in [0.2, 0.25) is 0 Å². The molecule has 1 nitrogen and oxygen atoms in total. The van der Waals surface area contributed by atoms with Gasteiger partial charge in [0.2, 0.25) is 0 Å². The molecule has 1 heterocycles. The van der Waals surface area contributed by atoms with E-state index in [1.807, 2.05) is 12.3 Å². The molecule has 0 bridgehead atoms. The number of pyridine rings is 1. The van der Waals surface area contributed by atoms with Crippen LogP contribution in [0.4, 0.5) is 0 Å². The quantitative estimate of drug-likeness (QED) is 0.690. The maximum Gasteiger partial charge on any atom is 0.0434 e. The summed E-state index contributed by atoms with van der Waals surface area (Å²) in [6, 6.07) is 6.28. The SMILES string of the molecule is CCC1CCC(c2ccccn2)CC1. The Morgan fingerprint density at radius 2 is 2.00 bits per heavy atom. The van der Waals surface area contributed by atoms with Gasteiger partial charge in [-0.15, -0.1) is 0 Å². The first-order valence-electron chi connectivity index (χ1n) is 5.81. The normalized spacial score (nSPS) is 27.5. The summed E-state index contributed by atoms with van der Waals surface area (Å²) in [6.07, 6.45) is 8.76. The molecule has 0 N–H and O–H groups in total. The highest BCUT2D eigenvalue weighted by molar-refractivity contribution is 5.10. The van der Waals surface area contributed by atoms with Crippen molar-refractivity contribution in [2.45, 2.75) is 44.9 Å². The molecule has 1 aliphatic carbocycles. The molecule has 76 valence electrons. The lowest BCUT2D eigenvalue weighted by molar-refractivity contribution is 0.315. The number of rotatable bonds is 2. The molecule has 0 aliphatic heterocycles. The minimum Gasteiger partial charge on any atom is -0.261 e. The van der Waals surface area contributed by atoms with Gasteiger partial charge in [-0.3, -0.25) is 4.98 Å². The summed E-state index contributed by atoms with van der Waals surface area (Å²) in [7, 11) is 0. The zero-order valence-electron chi connectivity index (χ0n) is 8.95. The summed E-state index contributed by atoms with van der Waals surface area (Å²) in [5, 5.41) is 0. The van der Waals surface area contributed by atoms with E-state index in [1.54, 1.807) is 0 Å². The Morgan fingerprint density at radius 1 is 1.21 bits per heavy atom. The van der Waals surface area contributed by atoms with E-state index in [0.29, 0.717) is 0 Å². The first kappa shape index (κ1) is 9.70. The highest BCUT2D eigenvalue weighted by Gasteiger charge is 2.21. The van der Waals surface area contributed by atoms with Crippen molar-refractivity contribution in [3.8, 4) is 0 Å². The molecule has 1 aromatic rings. The molecule has 0 aromatic carbocycles. The van der Waals surface area contributed by atoms with Crippen LogP contribution in [-0.4, -0.2) is 4.98 Å². The van der Waals surface area contributed by atoms with E-state index in [4.69, 9.17) is 0 Å². The smallest absolute Gasteiger partial charge is 0.0434 e. The topological polar surface area (TPSA) is 12.9 Å². The van der Waals surface area contributed by atoms with Crippen molar-refractivity contribution in [3.05, 3.63) is 30.1 Å². The van der Waals surface area contributed by atoms with Crippen LogP contribution < -0.4 is 0 Å². The van der Waals surface area contributed by atoms with Gasteiger partial charge in [0.05, 0.1) is 0 Å². The molecule has 0 atom stereocenters. The fourth-order valence-corrected chi connectivity index (χ4v) is 2.48.